The summed E-state index contributed by atoms with van der Waals surface area (Å²) < 4.78 is 0. The fourth-order valence-electron chi connectivity index (χ4n) is 1.72. The maximum absolute atomic E-state index is 11.0. The van der Waals surface area contributed by atoms with Gasteiger partial charge in [0, 0.05) is 30.6 Å². The first-order valence-corrected chi connectivity index (χ1v) is 8.72. The van der Waals surface area contributed by atoms with Crippen molar-refractivity contribution in [1.82, 2.24) is 0 Å². The highest BCUT2D eigenvalue weighted by atomic mass is 16.2. The van der Waals surface area contributed by atoms with Crippen LogP contribution in [0.5, 0.6) is 0 Å². The Morgan fingerprint density at radius 3 is 1.42 bits per heavy atom. The molecule has 1 aromatic carbocycles. The molecule has 0 amide bonds. The molecule has 0 aliphatic heterocycles. The van der Waals surface area contributed by atoms with E-state index in [2.05, 4.69) is 0 Å². The van der Waals surface area contributed by atoms with Crippen molar-refractivity contribution < 1.29 is 24.3 Å². The predicted octanol–water partition coefficient (Wildman–Crippen LogP) is 4.31. The maximum Gasteiger partial charge on any atom is 0.160 e. The summed E-state index contributed by atoms with van der Waals surface area (Å²) in [5.41, 5.74) is 1.01. The molecule has 1 N–H and O–H groups in total. The van der Waals surface area contributed by atoms with Crippen LogP contribution in [0.1, 0.15) is 82.0 Å². The van der Waals surface area contributed by atoms with Crippen LogP contribution in [0.15, 0.2) is 24.3 Å². The molecule has 1 unspecified atom stereocenters. The Labute approximate surface area is 157 Å². The van der Waals surface area contributed by atoms with Gasteiger partial charge in [-0.1, -0.05) is 45.0 Å². The van der Waals surface area contributed by atoms with E-state index in [0.717, 1.165) is 7.11 Å². The Morgan fingerprint density at radius 2 is 1.19 bits per heavy atom. The van der Waals surface area contributed by atoms with Crippen molar-refractivity contribution in [3.63, 3.8) is 0 Å². The van der Waals surface area contributed by atoms with E-state index in [4.69, 9.17) is 5.11 Å². The molecule has 1 rings (SSSR count). The number of ketones is 4. The van der Waals surface area contributed by atoms with Gasteiger partial charge in [0.15, 0.2) is 11.6 Å². The van der Waals surface area contributed by atoms with E-state index < -0.39 is 0 Å². The van der Waals surface area contributed by atoms with Crippen LogP contribution in [0.4, 0.5) is 0 Å². The van der Waals surface area contributed by atoms with Gasteiger partial charge in [-0.3, -0.25) is 14.4 Å². The molecule has 0 aliphatic rings. The van der Waals surface area contributed by atoms with Crippen molar-refractivity contribution in [3.05, 3.63) is 35.4 Å². The van der Waals surface area contributed by atoms with Crippen molar-refractivity contribution in [1.29, 1.82) is 0 Å². The fraction of sp³-hybridized carbons (Fsp3) is 0.524. The number of carbonyl (C=O) groups is 4. The number of aliphatic hydroxyl groups excluding tert-OH is 1. The SMILES string of the molecule is CC.CC(=O)CCC(C)C(C)=O.CC(=O)c1ccccc1C(C)=O.CO. The smallest absolute Gasteiger partial charge is 0.160 e. The van der Waals surface area contributed by atoms with Gasteiger partial charge < -0.3 is 9.90 Å². The zero-order chi connectivity index (χ0) is 21.3. The molecule has 0 aromatic heterocycles. The Morgan fingerprint density at radius 1 is 0.846 bits per heavy atom. The molecule has 0 saturated heterocycles. The number of hydrogen-bond acceptors (Lipinski definition) is 5. The molecule has 1 atom stereocenters. The standard InChI is InChI=1S/C10H10O2.C8H14O2.C2H6.CH4O/c1-7(11)9-5-3-4-6-10(9)8(2)12;1-6(8(3)10)4-5-7(2)9;2*1-2/h3-6H,1-2H3;6H,4-5H2,1-3H3;1-2H3;2H,1H3. The Balaban J connectivity index is -0.000000346. The van der Waals surface area contributed by atoms with Crippen LogP contribution in [-0.4, -0.2) is 35.3 Å². The zero-order valence-corrected chi connectivity index (χ0v) is 17.4. The van der Waals surface area contributed by atoms with Crippen molar-refractivity contribution in [2.45, 2.75) is 61.3 Å². The highest BCUT2D eigenvalue weighted by Crippen LogP contribution is 2.09. The van der Waals surface area contributed by atoms with Crippen molar-refractivity contribution in [2.24, 2.45) is 5.92 Å². The summed E-state index contributed by atoms with van der Waals surface area (Å²) in [6, 6.07) is 6.84. The summed E-state index contributed by atoms with van der Waals surface area (Å²) in [4.78, 5) is 43.1. The molecule has 1 aromatic rings. The Hall–Kier alpha value is -2.14. The molecular weight excluding hydrogens is 332 g/mol. The quantitative estimate of drug-likeness (QED) is 0.758. The summed E-state index contributed by atoms with van der Waals surface area (Å²) in [5.74, 6) is 0.236. The molecule has 0 saturated carbocycles. The van der Waals surface area contributed by atoms with Gasteiger partial charge in [0.1, 0.15) is 11.6 Å². The van der Waals surface area contributed by atoms with Gasteiger partial charge in [0.25, 0.3) is 0 Å². The number of rotatable bonds is 6. The van der Waals surface area contributed by atoms with Crippen LogP contribution in [0.2, 0.25) is 0 Å². The van der Waals surface area contributed by atoms with Crippen LogP contribution < -0.4 is 0 Å². The van der Waals surface area contributed by atoms with Gasteiger partial charge >= 0.3 is 0 Å². The van der Waals surface area contributed by atoms with E-state index in [0.29, 0.717) is 24.0 Å². The fourth-order valence-corrected chi connectivity index (χ4v) is 1.72. The molecule has 0 radical (unpaired) electrons. The van der Waals surface area contributed by atoms with E-state index in [1.807, 2.05) is 20.8 Å². The van der Waals surface area contributed by atoms with E-state index in [1.165, 1.54) is 13.8 Å². The molecule has 0 heterocycles. The third-order valence-corrected chi connectivity index (χ3v) is 3.31. The summed E-state index contributed by atoms with van der Waals surface area (Å²) in [5, 5.41) is 7.00. The molecule has 0 bridgehead atoms. The molecule has 0 fully saturated rings. The van der Waals surface area contributed by atoms with E-state index in [1.54, 1.807) is 38.1 Å². The average molecular weight is 366 g/mol. The van der Waals surface area contributed by atoms with Gasteiger partial charge in [-0.2, -0.15) is 0 Å². The lowest BCUT2D eigenvalue weighted by atomic mass is 10.0. The molecule has 0 spiro atoms. The third kappa shape index (κ3) is 14.2. The highest BCUT2D eigenvalue weighted by molar-refractivity contribution is 6.07. The zero-order valence-electron chi connectivity index (χ0n) is 17.4. The van der Waals surface area contributed by atoms with E-state index >= 15 is 0 Å². The first kappa shape index (κ1) is 28.7. The number of hydrogen-bond donors (Lipinski definition) is 1. The summed E-state index contributed by atoms with van der Waals surface area (Å²) in [6.45, 7) is 11.9. The summed E-state index contributed by atoms with van der Waals surface area (Å²) in [7, 11) is 1.00. The second kappa shape index (κ2) is 17.7. The molecule has 5 heteroatoms. The largest absolute Gasteiger partial charge is 0.400 e. The molecular formula is C21H34O5. The number of benzene rings is 1. The maximum atomic E-state index is 11.0. The number of aliphatic hydroxyl groups is 1. The first-order valence-electron chi connectivity index (χ1n) is 8.72. The van der Waals surface area contributed by atoms with Gasteiger partial charge in [0.05, 0.1) is 0 Å². The van der Waals surface area contributed by atoms with Crippen molar-refractivity contribution in [2.75, 3.05) is 7.11 Å². The van der Waals surface area contributed by atoms with Crippen LogP contribution in [-0.2, 0) is 9.59 Å². The number of carbonyl (C=O) groups excluding carboxylic acids is 4. The molecule has 0 aliphatic carbocycles. The first-order chi connectivity index (χ1) is 12.2. The second-order valence-corrected chi connectivity index (χ2v) is 5.41. The van der Waals surface area contributed by atoms with Crippen molar-refractivity contribution in [3.8, 4) is 0 Å². The summed E-state index contributed by atoms with van der Waals surface area (Å²) >= 11 is 0. The van der Waals surface area contributed by atoms with Gasteiger partial charge in [-0.05, 0) is 34.1 Å². The van der Waals surface area contributed by atoms with Crippen LogP contribution in [0.25, 0.3) is 0 Å². The third-order valence-electron chi connectivity index (χ3n) is 3.31. The summed E-state index contributed by atoms with van der Waals surface area (Å²) in [6.07, 6.45) is 1.23. The molecule has 148 valence electrons. The lowest BCUT2D eigenvalue weighted by Gasteiger charge is -2.03. The second-order valence-electron chi connectivity index (χ2n) is 5.41. The van der Waals surface area contributed by atoms with Gasteiger partial charge in [-0.15, -0.1) is 0 Å². The van der Waals surface area contributed by atoms with Crippen LogP contribution >= 0.6 is 0 Å². The minimum atomic E-state index is -0.0687. The van der Waals surface area contributed by atoms with Crippen molar-refractivity contribution >= 4 is 23.1 Å². The van der Waals surface area contributed by atoms with Crippen LogP contribution in [0, 0.1) is 5.92 Å². The lowest BCUT2D eigenvalue weighted by Crippen LogP contribution is -2.07. The Bertz CT molecular complexity index is 528. The predicted molar refractivity (Wildman–Crippen MR) is 106 cm³/mol. The lowest BCUT2D eigenvalue weighted by molar-refractivity contribution is -0.121. The number of Topliss-reactive ketones (excluding diaryl/α,β-unsaturated/α-hetero) is 4. The molecule has 26 heavy (non-hydrogen) atoms. The highest BCUT2D eigenvalue weighted by Gasteiger charge is 2.09. The monoisotopic (exact) mass is 366 g/mol. The minimum Gasteiger partial charge on any atom is -0.400 e. The van der Waals surface area contributed by atoms with Gasteiger partial charge in [-0.25, -0.2) is 0 Å². The van der Waals surface area contributed by atoms with E-state index in [9.17, 15) is 19.2 Å². The van der Waals surface area contributed by atoms with Gasteiger partial charge in [0.2, 0.25) is 0 Å². The minimum absolute atomic E-state index is 0.0453. The topological polar surface area (TPSA) is 88.5 Å². The average Bonchev–Trinajstić information content (AvgIpc) is 2.63. The Kier molecular flexibility index (Phi) is 19.5. The van der Waals surface area contributed by atoms with Crippen LogP contribution in [0.3, 0.4) is 0 Å². The molecule has 5 nitrogen and oxygen atoms in total. The normalized spacial score (nSPS) is 9.73. The van der Waals surface area contributed by atoms with E-state index in [-0.39, 0.29) is 29.1 Å².